The van der Waals surface area contributed by atoms with Gasteiger partial charge in [-0.3, -0.25) is 4.90 Å². The monoisotopic (exact) mass is 233 g/mol. The molecule has 4 heteroatoms. The van der Waals surface area contributed by atoms with Gasteiger partial charge in [0.1, 0.15) is 5.82 Å². The Labute approximate surface area is 102 Å². The zero-order valence-electron chi connectivity index (χ0n) is 10.3. The van der Waals surface area contributed by atoms with E-state index in [2.05, 4.69) is 33.8 Å². The maximum Gasteiger partial charge on any atom is 0.128 e. The van der Waals surface area contributed by atoms with Crippen molar-refractivity contribution in [2.75, 3.05) is 44.3 Å². The molecule has 0 aliphatic carbocycles. The minimum Gasteiger partial charge on any atom is -0.378 e. The van der Waals surface area contributed by atoms with E-state index in [0.29, 0.717) is 6.04 Å². The average Bonchev–Trinajstić information content (AvgIpc) is 2.29. The second-order valence-electron chi connectivity index (χ2n) is 4.91. The largest absolute Gasteiger partial charge is 0.378 e. The van der Waals surface area contributed by atoms with E-state index in [1.54, 1.807) is 0 Å². The highest BCUT2D eigenvalue weighted by Gasteiger charge is 2.28. The van der Waals surface area contributed by atoms with Gasteiger partial charge >= 0.3 is 0 Å². The summed E-state index contributed by atoms with van der Waals surface area (Å²) >= 11 is 0. The van der Waals surface area contributed by atoms with Gasteiger partial charge in [0.05, 0.1) is 19.3 Å². The quantitative estimate of drug-likeness (QED) is 0.759. The minimum absolute atomic E-state index is 0.670. The number of piperazine rings is 1. The van der Waals surface area contributed by atoms with Crippen molar-refractivity contribution in [2.45, 2.75) is 13.0 Å². The lowest BCUT2D eigenvalue weighted by Gasteiger charge is -2.42. The number of anilines is 1. The lowest BCUT2D eigenvalue weighted by atomic mass is 10.2. The standard InChI is InChI=1S/C13H19N3O/c1-11-2-3-13(14-8-11)16-6-4-15(5-7-16)12-9-17-10-12/h2-3,8,12H,4-7,9-10H2,1H3. The van der Waals surface area contributed by atoms with Gasteiger partial charge in [0, 0.05) is 32.4 Å². The van der Waals surface area contributed by atoms with Gasteiger partial charge in [-0.05, 0) is 18.6 Å². The average molecular weight is 233 g/mol. The number of ether oxygens (including phenoxy) is 1. The van der Waals surface area contributed by atoms with E-state index < -0.39 is 0 Å². The first-order valence-corrected chi connectivity index (χ1v) is 6.32. The van der Waals surface area contributed by atoms with Crippen LogP contribution in [0, 0.1) is 6.92 Å². The molecule has 1 aromatic heterocycles. The third-order valence-corrected chi connectivity index (χ3v) is 3.67. The summed E-state index contributed by atoms with van der Waals surface area (Å²) in [7, 11) is 0. The van der Waals surface area contributed by atoms with E-state index in [4.69, 9.17) is 4.74 Å². The molecule has 2 saturated heterocycles. The van der Waals surface area contributed by atoms with E-state index >= 15 is 0 Å². The van der Waals surface area contributed by atoms with Crippen LogP contribution < -0.4 is 4.90 Å². The zero-order valence-corrected chi connectivity index (χ0v) is 10.3. The van der Waals surface area contributed by atoms with Crippen LogP contribution in [-0.2, 0) is 4.74 Å². The van der Waals surface area contributed by atoms with E-state index in [9.17, 15) is 0 Å². The molecule has 0 radical (unpaired) electrons. The van der Waals surface area contributed by atoms with Crippen molar-refractivity contribution < 1.29 is 4.74 Å². The number of nitrogens with zero attached hydrogens (tertiary/aromatic N) is 3. The second kappa shape index (κ2) is 4.63. The molecule has 0 spiro atoms. The van der Waals surface area contributed by atoms with Crippen LogP contribution in [0.2, 0.25) is 0 Å². The molecule has 3 rings (SSSR count). The Morgan fingerprint density at radius 2 is 1.94 bits per heavy atom. The Kier molecular flexibility index (Phi) is 2.99. The number of pyridine rings is 1. The summed E-state index contributed by atoms with van der Waals surface area (Å²) in [5.74, 6) is 1.11. The maximum atomic E-state index is 5.25. The molecule has 0 atom stereocenters. The zero-order chi connectivity index (χ0) is 11.7. The molecule has 0 aromatic carbocycles. The molecule has 0 bridgehead atoms. The smallest absolute Gasteiger partial charge is 0.128 e. The number of hydrogen-bond acceptors (Lipinski definition) is 4. The van der Waals surface area contributed by atoms with Gasteiger partial charge in [0.2, 0.25) is 0 Å². The topological polar surface area (TPSA) is 28.6 Å². The van der Waals surface area contributed by atoms with Crippen LogP contribution in [0.15, 0.2) is 18.3 Å². The Balaban J connectivity index is 1.58. The molecule has 4 nitrogen and oxygen atoms in total. The number of aromatic nitrogens is 1. The molecule has 2 aliphatic heterocycles. The van der Waals surface area contributed by atoms with Crippen molar-refractivity contribution in [2.24, 2.45) is 0 Å². The van der Waals surface area contributed by atoms with Crippen molar-refractivity contribution in [1.82, 2.24) is 9.88 Å². The van der Waals surface area contributed by atoms with Crippen LogP contribution in [0.5, 0.6) is 0 Å². The highest BCUT2D eigenvalue weighted by Crippen LogP contribution is 2.17. The summed E-state index contributed by atoms with van der Waals surface area (Å²) in [5, 5.41) is 0. The molecule has 3 heterocycles. The molecule has 0 N–H and O–H groups in total. The Morgan fingerprint density at radius 3 is 2.47 bits per heavy atom. The maximum absolute atomic E-state index is 5.25. The fourth-order valence-electron chi connectivity index (χ4n) is 2.40. The molecule has 2 fully saturated rings. The van der Waals surface area contributed by atoms with Gasteiger partial charge in [-0.15, -0.1) is 0 Å². The highest BCUT2D eigenvalue weighted by atomic mass is 16.5. The van der Waals surface area contributed by atoms with Gasteiger partial charge in [-0.1, -0.05) is 6.07 Å². The molecule has 2 aliphatic rings. The number of rotatable bonds is 2. The Hall–Kier alpha value is -1.13. The van der Waals surface area contributed by atoms with Crippen LogP contribution in [0.1, 0.15) is 5.56 Å². The summed E-state index contributed by atoms with van der Waals surface area (Å²) in [6.07, 6.45) is 1.95. The molecular weight excluding hydrogens is 214 g/mol. The number of hydrogen-bond donors (Lipinski definition) is 0. The predicted octanol–water partition coefficient (Wildman–Crippen LogP) is 0.911. The molecule has 1 aromatic rings. The van der Waals surface area contributed by atoms with Gasteiger partial charge < -0.3 is 9.64 Å². The molecular formula is C13H19N3O. The van der Waals surface area contributed by atoms with Crippen molar-refractivity contribution >= 4 is 5.82 Å². The van der Waals surface area contributed by atoms with E-state index in [1.807, 2.05) is 6.20 Å². The first-order chi connectivity index (χ1) is 8.33. The van der Waals surface area contributed by atoms with Crippen molar-refractivity contribution in [1.29, 1.82) is 0 Å². The number of aryl methyl sites for hydroxylation is 1. The fourth-order valence-corrected chi connectivity index (χ4v) is 2.40. The van der Waals surface area contributed by atoms with Crippen LogP contribution in [-0.4, -0.2) is 55.3 Å². The van der Waals surface area contributed by atoms with Crippen molar-refractivity contribution in [3.63, 3.8) is 0 Å². The van der Waals surface area contributed by atoms with E-state index in [1.165, 1.54) is 5.56 Å². The summed E-state index contributed by atoms with van der Waals surface area (Å²) in [6, 6.07) is 4.93. The first-order valence-electron chi connectivity index (χ1n) is 6.32. The van der Waals surface area contributed by atoms with E-state index in [-0.39, 0.29) is 0 Å². The summed E-state index contributed by atoms with van der Waals surface area (Å²) in [6.45, 7) is 8.32. The van der Waals surface area contributed by atoms with Crippen molar-refractivity contribution in [3.05, 3.63) is 23.9 Å². The van der Waals surface area contributed by atoms with Gasteiger partial charge in [-0.25, -0.2) is 4.98 Å². The lowest BCUT2D eigenvalue weighted by molar-refractivity contribution is -0.0661. The molecule has 0 amide bonds. The van der Waals surface area contributed by atoms with Crippen LogP contribution in [0.3, 0.4) is 0 Å². The van der Waals surface area contributed by atoms with Crippen LogP contribution in [0.4, 0.5) is 5.82 Å². The third-order valence-electron chi connectivity index (χ3n) is 3.67. The van der Waals surface area contributed by atoms with Gasteiger partial charge in [-0.2, -0.15) is 0 Å². The summed E-state index contributed by atoms with van der Waals surface area (Å²) in [4.78, 5) is 9.40. The third kappa shape index (κ3) is 2.28. The minimum atomic E-state index is 0.670. The van der Waals surface area contributed by atoms with Gasteiger partial charge in [0.25, 0.3) is 0 Å². The molecule has 0 unspecified atom stereocenters. The Morgan fingerprint density at radius 1 is 1.18 bits per heavy atom. The first kappa shape index (κ1) is 11.0. The van der Waals surface area contributed by atoms with Crippen molar-refractivity contribution in [3.8, 4) is 0 Å². The fraction of sp³-hybridized carbons (Fsp3) is 0.615. The van der Waals surface area contributed by atoms with Gasteiger partial charge in [0.15, 0.2) is 0 Å². The summed E-state index contributed by atoms with van der Waals surface area (Å²) < 4.78 is 5.25. The van der Waals surface area contributed by atoms with E-state index in [0.717, 1.165) is 45.2 Å². The molecule has 17 heavy (non-hydrogen) atoms. The molecule has 0 saturated carbocycles. The SMILES string of the molecule is Cc1ccc(N2CCN(C3COC3)CC2)nc1. The Bertz CT molecular complexity index is 367. The highest BCUT2D eigenvalue weighted by molar-refractivity contribution is 5.39. The summed E-state index contributed by atoms with van der Waals surface area (Å²) in [5.41, 5.74) is 1.22. The molecule has 92 valence electrons. The normalized spacial score (nSPS) is 22.5. The van der Waals surface area contributed by atoms with Crippen LogP contribution >= 0.6 is 0 Å². The predicted molar refractivity (Wildman–Crippen MR) is 67.4 cm³/mol. The van der Waals surface area contributed by atoms with Crippen LogP contribution in [0.25, 0.3) is 0 Å². The second-order valence-corrected chi connectivity index (χ2v) is 4.91. The lowest BCUT2D eigenvalue weighted by Crippen LogP contribution is -2.56.